The third kappa shape index (κ3) is 1.71. The van der Waals surface area contributed by atoms with Crippen molar-refractivity contribution in [1.29, 1.82) is 0 Å². The molecule has 0 aliphatic heterocycles. The Morgan fingerprint density at radius 2 is 1.95 bits per heavy atom. The van der Waals surface area contributed by atoms with Crippen molar-refractivity contribution in [2.45, 2.75) is 12.2 Å². The highest BCUT2D eigenvalue weighted by Gasteiger charge is 2.29. The van der Waals surface area contributed by atoms with Gasteiger partial charge in [0.2, 0.25) is 0 Å². The van der Waals surface area contributed by atoms with Gasteiger partial charge in [0.1, 0.15) is 12.2 Å². The molecule has 2 atom stereocenters. The van der Waals surface area contributed by atoms with Gasteiger partial charge in [-0.15, -0.1) is 0 Å². The minimum atomic E-state index is -1.14. The number of aliphatic hydroxyl groups excluding tert-OH is 2. The normalized spacial score (nSPS) is 21.4. The molecule has 3 rings (SSSR count). The van der Waals surface area contributed by atoms with Crippen molar-refractivity contribution in [3.05, 3.63) is 57.6 Å². The zero-order valence-corrected chi connectivity index (χ0v) is 9.85. The number of nitrogens with zero attached hydrogens (tertiary/aromatic N) is 1. The van der Waals surface area contributed by atoms with Gasteiger partial charge in [-0.2, -0.15) is 0 Å². The highest BCUT2D eigenvalue weighted by Crippen LogP contribution is 2.39. The molecule has 0 spiro atoms. The lowest BCUT2D eigenvalue weighted by Gasteiger charge is -2.22. The van der Waals surface area contributed by atoms with Crippen LogP contribution in [0.3, 0.4) is 0 Å². The minimum Gasteiger partial charge on any atom is -0.386 e. The summed E-state index contributed by atoms with van der Waals surface area (Å²) in [4.78, 5) is 10.9. The van der Waals surface area contributed by atoms with E-state index in [0.717, 1.165) is 0 Å². The second kappa shape index (κ2) is 4.15. The second-order valence-electron chi connectivity index (χ2n) is 4.50. The van der Waals surface area contributed by atoms with E-state index in [9.17, 15) is 20.3 Å². The van der Waals surface area contributed by atoms with E-state index in [0.29, 0.717) is 21.9 Å². The maximum atomic E-state index is 11.3. The first-order chi connectivity index (χ1) is 9.09. The van der Waals surface area contributed by atoms with Crippen LogP contribution >= 0.6 is 0 Å². The average molecular weight is 257 g/mol. The molecule has 2 aromatic carbocycles. The molecular formula is C14H11NO4. The molecule has 0 radical (unpaired) electrons. The molecule has 0 fully saturated rings. The van der Waals surface area contributed by atoms with Gasteiger partial charge in [-0.1, -0.05) is 24.3 Å². The summed E-state index contributed by atoms with van der Waals surface area (Å²) in [6, 6.07) is 8.63. The predicted molar refractivity (Wildman–Crippen MR) is 70.6 cm³/mol. The van der Waals surface area contributed by atoms with E-state index in [1.54, 1.807) is 30.3 Å². The molecular weight excluding hydrogens is 246 g/mol. The summed E-state index contributed by atoms with van der Waals surface area (Å²) in [7, 11) is 0. The highest BCUT2D eigenvalue weighted by atomic mass is 16.6. The van der Waals surface area contributed by atoms with Crippen molar-refractivity contribution in [2.24, 2.45) is 0 Å². The number of rotatable bonds is 1. The van der Waals surface area contributed by atoms with Crippen molar-refractivity contribution in [1.82, 2.24) is 0 Å². The van der Waals surface area contributed by atoms with Crippen LogP contribution in [0, 0.1) is 10.1 Å². The van der Waals surface area contributed by atoms with E-state index in [4.69, 9.17) is 0 Å². The van der Waals surface area contributed by atoms with Crippen LogP contribution in [0.15, 0.2) is 36.4 Å². The first-order valence-electron chi connectivity index (χ1n) is 5.84. The molecule has 5 nitrogen and oxygen atoms in total. The number of nitro benzene ring substituents is 1. The highest BCUT2D eigenvalue weighted by molar-refractivity contribution is 5.96. The summed E-state index contributed by atoms with van der Waals surface area (Å²) in [6.45, 7) is 0. The molecule has 1 aliphatic rings. The smallest absolute Gasteiger partial charge is 0.284 e. The number of fused-ring (bicyclic) bond motifs is 2. The Labute approximate surface area is 108 Å². The SMILES string of the molecule is O=[N+]([O-])c1c2c(cc3ccccc13)C(O)C(O)C=C2. The summed E-state index contributed by atoms with van der Waals surface area (Å²) < 4.78 is 0. The Morgan fingerprint density at radius 3 is 2.68 bits per heavy atom. The van der Waals surface area contributed by atoms with E-state index < -0.39 is 17.1 Å². The lowest BCUT2D eigenvalue weighted by Crippen LogP contribution is -2.20. The van der Waals surface area contributed by atoms with Gasteiger partial charge >= 0.3 is 0 Å². The second-order valence-corrected chi connectivity index (χ2v) is 4.50. The zero-order chi connectivity index (χ0) is 13.6. The molecule has 0 bridgehead atoms. The topological polar surface area (TPSA) is 83.6 Å². The fourth-order valence-corrected chi connectivity index (χ4v) is 2.47. The van der Waals surface area contributed by atoms with Crippen LogP contribution in [-0.2, 0) is 0 Å². The van der Waals surface area contributed by atoms with Crippen LogP contribution in [-0.4, -0.2) is 21.2 Å². The fraction of sp³-hybridized carbons (Fsp3) is 0.143. The van der Waals surface area contributed by atoms with E-state index >= 15 is 0 Å². The van der Waals surface area contributed by atoms with Crippen LogP contribution in [0.4, 0.5) is 5.69 Å². The summed E-state index contributed by atoms with van der Waals surface area (Å²) in [5, 5.41) is 32.1. The van der Waals surface area contributed by atoms with Gasteiger partial charge in [-0.3, -0.25) is 10.1 Å². The molecule has 0 heterocycles. The lowest BCUT2D eigenvalue weighted by molar-refractivity contribution is -0.383. The largest absolute Gasteiger partial charge is 0.386 e. The predicted octanol–water partition coefficient (Wildman–Crippen LogP) is 2.17. The zero-order valence-electron chi connectivity index (χ0n) is 9.85. The number of hydrogen-bond donors (Lipinski definition) is 2. The Bertz CT molecular complexity index is 708. The Hall–Kier alpha value is -2.24. The maximum Gasteiger partial charge on any atom is 0.284 e. The van der Waals surface area contributed by atoms with Gasteiger partial charge in [-0.25, -0.2) is 0 Å². The Morgan fingerprint density at radius 1 is 1.21 bits per heavy atom. The van der Waals surface area contributed by atoms with Gasteiger partial charge in [0.15, 0.2) is 0 Å². The van der Waals surface area contributed by atoms with Crippen molar-refractivity contribution in [3.8, 4) is 0 Å². The van der Waals surface area contributed by atoms with Crippen molar-refractivity contribution < 1.29 is 15.1 Å². The molecule has 5 heteroatoms. The van der Waals surface area contributed by atoms with Crippen LogP contribution in [0.5, 0.6) is 0 Å². The molecule has 2 aromatic rings. The van der Waals surface area contributed by atoms with Gasteiger partial charge < -0.3 is 10.2 Å². The summed E-state index contributed by atoms with van der Waals surface area (Å²) in [5.74, 6) is 0. The molecule has 2 unspecified atom stereocenters. The van der Waals surface area contributed by atoms with Gasteiger partial charge in [-0.05, 0) is 29.2 Å². The van der Waals surface area contributed by atoms with E-state index in [-0.39, 0.29) is 5.69 Å². The van der Waals surface area contributed by atoms with Gasteiger partial charge in [0, 0.05) is 0 Å². The molecule has 19 heavy (non-hydrogen) atoms. The van der Waals surface area contributed by atoms with E-state index in [1.165, 1.54) is 12.2 Å². The Kier molecular flexibility index (Phi) is 2.58. The number of benzene rings is 2. The third-order valence-corrected chi connectivity index (χ3v) is 3.38. The van der Waals surface area contributed by atoms with Crippen LogP contribution in [0.25, 0.3) is 16.8 Å². The summed E-state index contributed by atoms with van der Waals surface area (Å²) in [6.07, 6.45) is 0.697. The first kappa shape index (κ1) is 11.8. The summed E-state index contributed by atoms with van der Waals surface area (Å²) >= 11 is 0. The van der Waals surface area contributed by atoms with E-state index in [2.05, 4.69) is 0 Å². The van der Waals surface area contributed by atoms with Crippen LogP contribution < -0.4 is 0 Å². The van der Waals surface area contributed by atoms with Crippen LogP contribution in [0.2, 0.25) is 0 Å². The van der Waals surface area contributed by atoms with E-state index in [1.807, 2.05) is 0 Å². The molecule has 2 N–H and O–H groups in total. The molecule has 0 saturated carbocycles. The number of aliphatic hydroxyl groups is 2. The van der Waals surface area contributed by atoms with Crippen molar-refractivity contribution >= 4 is 22.5 Å². The molecule has 96 valence electrons. The molecule has 0 amide bonds. The molecule has 1 aliphatic carbocycles. The Balaban J connectivity index is 2.43. The minimum absolute atomic E-state index is 0.0321. The summed E-state index contributed by atoms with van der Waals surface area (Å²) in [5.41, 5.74) is 0.720. The van der Waals surface area contributed by atoms with Crippen LogP contribution in [0.1, 0.15) is 17.2 Å². The quantitative estimate of drug-likeness (QED) is 0.605. The number of nitro groups is 1. The maximum absolute atomic E-state index is 11.3. The van der Waals surface area contributed by atoms with Gasteiger partial charge in [0.25, 0.3) is 5.69 Å². The molecule has 0 saturated heterocycles. The van der Waals surface area contributed by atoms with Crippen molar-refractivity contribution in [3.63, 3.8) is 0 Å². The number of hydrogen-bond acceptors (Lipinski definition) is 4. The fourth-order valence-electron chi connectivity index (χ4n) is 2.47. The third-order valence-electron chi connectivity index (χ3n) is 3.38. The first-order valence-corrected chi connectivity index (χ1v) is 5.84. The average Bonchev–Trinajstić information content (AvgIpc) is 2.40. The van der Waals surface area contributed by atoms with Gasteiger partial charge in [0.05, 0.1) is 15.9 Å². The standard InChI is InChI=1S/C14H11NO4/c16-12-6-5-10-11(14(12)17)7-8-3-1-2-4-9(8)13(10)15(18)19/h1-7,12,14,16-17H. The van der Waals surface area contributed by atoms with Crippen molar-refractivity contribution in [2.75, 3.05) is 0 Å². The lowest BCUT2D eigenvalue weighted by atomic mass is 9.89. The molecule has 0 aromatic heterocycles. The monoisotopic (exact) mass is 257 g/mol.